The number of aromatic nitrogens is 3. The van der Waals surface area contributed by atoms with Crippen LogP contribution in [0.4, 0.5) is 0 Å². The van der Waals surface area contributed by atoms with Crippen molar-refractivity contribution in [3.63, 3.8) is 0 Å². The number of rotatable bonds is 3. The van der Waals surface area contributed by atoms with Crippen LogP contribution in [0, 0.1) is 0 Å². The van der Waals surface area contributed by atoms with Gasteiger partial charge in [0.1, 0.15) is 6.33 Å². The lowest BCUT2D eigenvalue weighted by atomic mass is 10.1. The lowest BCUT2D eigenvalue weighted by Crippen LogP contribution is -2.06. The lowest BCUT2D eigenvalue weighted by molar-refractivity contribution is 0.0983. The van der Waals surface area contributed by atoms with E-state index in [0.29, 0.717) is 15.6 Å². The fourth-order valence-electron chi connectivity index (χ4n) is 1.26. The predicted molar refractivity (Wildman–Crippen MR) is 60.9 cm³/mol. The number of H-pyrrole nitrogens is 1. The van der Waals surface area contributed by atoms with Crippen LogP contribution >= 0.6 is 23.2 Å². The number of hydrogen-bond donors (Lipinski definition) is 1. The molecule has 1 N–H and O–H groups in total. The highest BCUT2D eigenvalue weighted by Crippen LogP contribution is 2.21. The summed E-state index contributed by atoms with van der Waals surface area (Å²) in [7, 11) is 0. The largest absolute Gasteiger partial charge is 0.290 e. The van der Waals surface area contributed by atoms with E-state index < -0.39 is 0 Å². The molecule has 0 saturated carbocycles. The van der Waals surface area contributed by atoms with Crippen molar-refractivity contribution < 1.29 is 4.79 Å². The molecule has 0 aliphatic carbocycles. The number of hydrogen-bond acceptors (Lipinski definition) is 3. The van der Waals surface area contributed by atoms with Crippen LogP contribution in [0.3, 0.4) is 0 Å². The van der Waals surface area contributed by atoms with Gasteiger partial charge in [-0.25, -0.2) is 4.98 Å². The molecule has 0 radical (unpaired) electrons. The zero-order valence-electron chi connectivity index (χ0n) is 8.08. The maximum Gasteiger partial charge on any atom is 0.203 e. The Morgan fingerprint density at radius 3 is 2.81 bits per heavy atom. The number of nitrogens with zero attached hydrogens (tertiary/aromatic N) is 2. The predicted octanol–water partition coefficient (Wildman–Crippen LogP) is 2.54. The van der Waals surface area contributed by atoms with Gasteiger partial charge in [0, 0.05) is 16.5 Å². The zero-order chi connectivity index (χ0) is 11.5. The van der Waals surface area contributed by atoms with Gasteiger partial charge in [0.2, 0.25) is 5.78 Å². The van der Waals surface area contributed by atoms with Crippen molar-refractivity contribution in [3.8, 4) is 0 Å². The first-order chi connectivity index (χ1) is 7.66. The van der Waals surface area contributed by atoms with Crippen LogP contribution < -0.4 is 0 Å². The Morgan fingerprint density at radius 1 is 1.38 bits per heavy atom. The Balaban J connectivity index is 2.18. The molecule has 0 atom stereocenters. The summed E-state index contributed by atoms with van der Waals surface area (Å²) in [6.45, 7) is 0. The van der Waals surface area contributed by atoms with Crippen molar-refractivity contribution in [1.82, 2.24) is 15.2 Å². The maximum absolute atomic E-state index is 11.7. The molecule has 6 heteroatoms. The lowest BCUT2D eigenvalue weighted by Gasteiger charge is -2.02. The Hall–Kier alpha value is -1.39. The van der Waals surface area contributed by atoms with Crippen LogP contribution in [0.15, 0.2) is 24.5 Å². The molecule has 1 aromatic heterocycles. The summed E-state index contributed by atoms with van der Waals surface area (Å²) in [5.41, 5.74) is 0.715. The fraction of sp³-hybridized carbons (Fsp3) is 0.100. The average molecular weight is 256 g/mol. The van der Waals surface area contributed by atoms with Crippen molar-refractivity contribution in [3.05, 3.63) is 46.0 Å². The van der Waals surface area contributed by atoms with Gasteiger partial charge in [0.25, 0.3) is 0 Å². The van der Waals surface area contributed by atoms with Gasteiger partial charge < -0.3 is 0 Å². The molecule has 0 fully saturated rings. The van der Waals surface area contributed by atoms with Crippen LogP contribution in [0.2, 0.25) is 10.0 Å². The molecule has 0 aliphatic rings. The van der Waals surface area contributed by atoms with E-state index in [9.17, 15) is 4.79 Å². The van der Waals surface area contributed by atoms with Crippen molar-refractivity contribution in [1.29, 1.82) is 0 Å². The molecule has 2 rings (SSSR count). The van der Waals surface area contributed by atoms with E-state index in [1.54, 1.807) is 18.2 Å². The second kappa shape index (κ2) is 4.63. The van der Waals surface area contributed by atoms with Crippen LogP contribution in [0.1, 0.15) is 16.2 Å². The summed E-state index contributed by atoms with van der Waals surface area (Å²) in [4.78, 5) is 15.5. The molecule has 0 bridgehead atoms. The Bertz CT molecular complexity index is 511. The second-order valence-corrected chi connectivity index (χ2v) is 4.01. The molecule has 2 aromatic rings. The van der Waals surface area contributed by atoms with E-state index in [1.165, 1.54) is 6.33 Å². The smallest absolute Gasteiger partial charge is 0.203 e. The summed E-state index contributed by atoms with van der Waals surface area (Å²) in [5.74, 6) is 0.0627. The van der Waals surface area contributed by atoms with Crippen LogP contribution in [0.25, 0.3) is 0 Å². The Labute approximate surface area is 102 Å². The fourth-order valence-corrected chi connectivity index (χ4v) is 1.74. The minimum absolute atomic E-state index is 0.165. The third kappa shape index (κ3) is 2.40. The SMILES string of the molecule is O=C(Cc1ccc(Cl)cc1Cl)c1ncn[nH]1. The molecule has 16 heavy (non-hydrogen) atoms. The number of carbonyl (C=O) groups is 1. The van der Waals surface area contributed by atoms with Gasteiger partial charge in [-0.15, -0.1) is 0 Å². The van der Waals surface area contributed by atoms with Gasteiger partial charge in [-0.2, -0.15) is 5.10 Å². The van der Waals surface area contributed by atoms with Gasteiger partial charge >= 0.3 is 0 Å². The number of halogens is 2. The zero-order valence-corrected chi connectivity index (χ0v) is 9.59. The number of Topliss-reactive ketones (excluding diaryl/α,β-unsaturated/α-hetero) is 1. The van der Waals surface area contributed by atoms with E-state index in [4.69, 9.17) is 23.2 Å². The topological polar surface area (TPSA) is 58.6 Å². The number of ketones is 1. The van der Waals surface area contributed by atoms with Gasteiger partial charge in [-0.05, 0) is 17.7 Å². The average Bonchev–Trinajstić information content (AvgIpc) is 2.75. The number of benzene rings is 1. The summed E-state index contributed by atoms with van der Waals surface area (Å²) >= 11 is 11.7. The van der Waals surface area contributed by atoms with Crippen LogP contribution in [-0.4, -0.2) is 21.0 Å². The van der Waals surface area contributed by atoms with E-state index in [1.807, 2.05) is 0 Å². The normalized spacial score (nSPS) is 10.4. The summed E-state index contributed by atoms with van der Waals surface area (Å²) in [5, 5.41) is 7.13. The molecule has 82 valence electrons. The minimum atomic E-state index is -0.165. The maximum atomic E-state index is 11.7. The third-order valence-corrected chi connectivity index (χ3v) is 2.63. The highest BCUT2D eigenvalue weighted by Gasteiger charge is 2.12. The van der Waals surface area contributed by atoms with Gasteiger partial charge in [0.15, 0.2) is 5.82 Å². The number of carbonyl (C=O) groups excluding carboxylic acids is 1. The standard InChI is InChI=1S/C10H7Cl2N3O/c11-7-2-1-6(8(12)4-7)3-9(16)10-13-5-14-15-10/h1-2,4-5H,3H2,(H,13,14,15). The van der Waals surface area contributed by atoms with Crippen molar-refractivity contribution in [2.24, 2.45) is 0 Å². The monoisotopic (exact) mass is 255 g/mol. The highest BCUT2D eigenvalue weighted by molar-refractivity contribution is 6.35. The molecule has 4 nitrogen and oxygen atoms in total. The molecule has 0 unspecified atom stereocenters. The van der Waals surface area contributed by atoms with Crippen molar-refractivity contribution >= 4 is 29.0 Å². The van der Waals surface area contributed by atoms with E-state index in [2.05, 4.69) is 15.2 Å². The minimum Gasteiger partial charge on any atom is -0.290 e. The van der Waals surface area contributed by atoms with Gasteiger partial charge in [-0.1, -0.05) is 29.3 Å². The van der Waals surface area contributed by atoms with E-state index in [-0.39, 0.29) is 18.0 Å². The first kappa shape index (κ1) is 11.1. The van der Waals surface area contributed by atoms with Gasteiger partial charge in [0.05, 0.1) is 0 Å². The number of aromatic amines is 1. The van der Waals surface area contributed by atoms with Crippen molar-refractivity contribution in [2.75, 3.05) is 0 Å². The quantitative estimate of drug-likeness (QED) is 0.858. The molecule has 1 heterocycles. The molecule has 0 saturated heterocycles. The van der Waals surface area contributed by atoms with Crippen LogP contribution in [0.5, 0.6) is 0 Å². The summed E-state index contributed by atoms with van der Waals surface area (Å²) < 4.78 is 0. The van der Waals surface area contributed by atoms with E-state index >= 15 is 0 Å². The summed E-state index contributed by atoms with van der Waals surface area (Å²) in [6, 6.07) is 5.02. The second-order valence-electron chi connectivity index (χ2n) is 3.17. The molecule has 1 aromatic carbocycles. The number of nitrogens with one attached hydrogen (secondary N) is 1. The molecular weight excluding hydrogens is 249 g/mol. The van der Waals surface area contributed by atoms with E-state index in [0.717, 1.165) is 0 Å². The van der Waals surface area contributed by atoms with Crippen LogP contribution in [-0.2, 0) is 6.42 Å². The highest BCUT2D eigenvalue weighted by atomic mass is 35.5. The Morgan fingerprint density at radius 2 is 2.19 bits per heavy atom. The first-order valence-corrected chi connectivity index (χ1v) is 5.25. The first-order valence-electron chi connectivity index (χ1n) is 4.49. The molecule has 0 aliphatic heterocycles. The molecular formula is C10H7Cl2N3O. The Kier molecular flexibility index (Phi) is 3.22. The molecule has 0 amide bonds. The third-order valence-electron chi connectivity index (χ3n) is 2.05. The summed E-state index contributed by atoms with van der Waals surface area (Å²) in [6.07, 6.45) is 1.46. The molecule has 0 spiro atoms. The van der Waals surface area contributed by atoms with Gasteiger partial charge in [-0.3, -0.25) is 9.89 Å². The van der Waals surface area contributed by atoms with Crippen molar-refractivity contribution in [2.45, 2.75) is 6.42 Å².